The highest BCUT2D eigenvalue weighted by Gasteiger charge is 2.25. The number of nitrogens with zero attached hydrogens (tertiary/aromatic N) is 2. The maximum Gasteiger partial charge on any atom is 0.330 e. The van der Waals surface area contributed by atoms with Crippen LogP contribution in [0.3, 0.4) is 0 Å². The molecule has 0 bridgehead atoms. The van der Waals surface area contributed by atoms with E-state index in [-0.39, 0.29) is 50.0 Å². The Kier molecular flexibility index (Phi) is 8.98. The maximum atomic E-state index is 13.0. The van der Waals surface area contributed by atoms with Gasteiger partial charge in [-0.05, 0) is 30.9 Å². The summed E-state index contributed by atoms with van der Waals surface area (Å²) in [7, 11) is 1.46. The number of amides is 1. The van der Waals surface area contributed by atoms with Gasteiger partial charge in [0.2, 0.25) is 5.91 Å². The Morgan fingerprint density at radius 1 is 1.15 bits per heavy atom. The van der Waals surface area contributed by atoms with Crippen LogP contribution in [0.15, 0.2) is 27.8 Å². The number of hydrogen-bond donors (Lipinski definition) is 2. The number of aryl methyl sites for hydroxylation is 2. The van der Waals surface area contributed by atoms with Gasteiger partial charge in [0.1, 0.15) is 11.6 Å². The number of benzene rings is 1. The summed E-state index contributed by atoms with van der Waals surface area (Å²) >= 11 is 0. The molecule has 10 heteroatoms. The Bertz CT molecular complexity index is 1100. The first-order valence-corrected chi connectivity index (χ1v) is 10.8. The normalized spacial score (nSPS) is 11.0. The van der Waals surface area contributed by atoms with E-state index in [0.717, 1.165) is 16.0 Å². The van der Waals surface area contributed by atoms with E-state index in [1.54, 1.807) is 0 Å². The summed E-state index contributed by atoms with van der Waals surface area (Å²) in [5.74, 6) is -0.657. The molecular formula is C23H32N4O6. The van der Waals surface area contributed by atoms with Crippen LogP contribution in [-0.2, 0) is 20.9 Å². The number of para-hydroxylation sites is 1. The molecule has 0 aliphatic rings. The van der Waals surface area contributed by atoms with Crippen molar-refractivity contribution in [2.45, 2.75) is 47.1 Å². The van der Waals surface area contributed by atoms with Gasteiger partial charge in [-0.15, -0.1) is 0 Å². The molecule has 0 aliphatic heterocycles. The fraction of sp³-hybridized carbons (Fsp3) is 0.478. The highest BCUT2D eigenvalue weighted by Crippen LogP contribution is 2.23. The van der Waals surface area contributed by atoms with Gasteiger partial charge >= 0.3 is 11.7 Å². The summed E-state index contributed by atoms with van der Waals surface area (Å²) < 4.78 is 11.7. The summed E-state index contributed by atoms with van der Waals surface area (Å²) in [4.78, 5) is 53.6. The first-order valence-electron chi connectivity index (χ1n) is 10.8. The van der Waals surface area contributed by atoms with Gasteiger partial charge in [0.15, 0.2) is 5.69 Å². The molecule has 33 heavy (non-hydrogen) atoms. The van der Waals surface area contributed by atoms with Gasteiger partial charge in [-0.1, -0.05) is 32.0 Å². The second-order valence-corrected chi connectivity index (χ2v) is 8.23. The molecule has 1 heterocycles. The molecule has 0 saturated carbocycles. The zero-order chi connectivity index (χ0) is 24.7. The van der Waals surface area contributed by atoms with Crippen molar-refractivity contribution in [1.82, 2.24) is 9.55 Å². The fourth-order valence-corrected chi connectivity index (χ4v) is 3.40. The number of nitrogens with two attached hydrogens (primary N) is 1. The summed E-state index contributed by atoms with van der Waals surface area (Å²) in [5, 5.41) is 0. The van der Waals surface area contributed by atoms with Gasteiger partial charge in [0.25, 0.3) is 5.56 Å². The Balaban J connectivity index is 2.26. The quantitative estimate of drug-likeness (QED) is 0.407. The van der Waals surface area contributed by atoms with Crippen molar-refractivity contribution >= 4 is 23.4 Å². The number of carbonyl (C=O) groups is 2. The lowest BCUT2D eigenvalue weighted by atomic mass is 10.1. The van der Waals surface area contributed by atoms with Crippen molar-refractivity contribution in [2.75, 3.05) is 30.9 Å². The molecule has 1 aromatic carbocycles. The van der Waals surface area contributed by atoms with E-state index in [9.17, 15) is 19.2 Å². The number of carbonyl (C=O) groups excluding carboxylic acids is 2. The van der Waals surface area contributed by atoms with E-state index in [4.69, 9.17) is 15.2 Å². The third kappa shape index (κ3) is 6.55. The Hall–Kier alpha value is -3.40. The van der Waals surface area contributed by atoms with Crippen molar-refractivity contribution < 1.29 is 19.1 Å². The predicted octanol–water partition coefficient (Wildman–Crippen LogP) is 1.76. The molecule has 180 valence electrons. The van der Waals surface area contributed by atoms with Gasteiger partial charge in [0.05, 0.1) is 13.0 Å². The minimum atomic E-state index is -0.778. The van der Waals surface area contributed by atoms with Crippen LogP contribution in [0.25, 0.3) is 0 Å². The molecule has 0 fully saturated rings. The minimum Gasteiger partial charge on any atom is -0.426 e. The maximum absolute atomic E-state index is 13.0. The summed E-state index contributed by atoms with van der Waals surface area (Å²) in [6.07, 6.45) is -0.408. The SMILES string of the molecule is COCCN(C(=O)CCC(=O)Oc1c(C)cccc1C)c1c(N)n(CC(C)C)c(=O)[nH]c1=O. The lowest BCUT2D eigenvalue weighted by molar-refractivity contribution is -0.136. The summed E-state index contributed by atoms with van der Waals surface area (Å²) in [6.45, 7) is 7.86. The predicted molar refractivity (Wildman–Crippen MR) is 126 cm³/mol. The smallest absolute Gasteiger partial charge is 0.330 e. The van der Waals surface area contributed by atoms with Crippen molar-refractivity contribution in [1.29, 1.82) is 0 Å². The van der Waals surface area contributed by atoms with Crippen LogP contribution < -0.4 is 26.6 Å². The summed E-state index contributed by atoms with van der Waals surface area (Å²) in [5.41, 5.74) is 6.21. The molecular weight excluding hydrogens is 428 g/mol. The molecule has 2 rings (SSSR count). The number of methoxy groups -OCH3 is 1. The second kappa shape index (κ2) is 11.5. The van der Waals surface area contributed by atoms with E-state index in [2.05, 4.69) is 4.98 Å². The largest absolute Gasteiger partial charge is 0.426 e. The Labute approximate surface area is 192 Å². The first kappa shape index (κ1) is 25.9. The Morgan fingerprint density at radius 2 is 1.79 bits per heavy atom. The fourth-order valence-electron chi connectivity index (χ4n) is 3.40. The van der Waals surface area contributed by atoms with Gasteiger partial charge < -0.3 is 20.1 Å². The molecule has 2 aromatic rings. The molecule has 1 amide bonds. The van der Waals surface area contributed by atoms with Crippen LogP contribution in [0.5, 0.6) is 5.75 Å². The number of aromatic amines is 1. The Morgan fingerprint density at radius 3 is 2.36 bits per heavy atom. The molecule has 0 atom stereocenters. The third-order valence-electron chi connectivity index (χ3n) is 5.02. The molecule has 1 aromatic heterocycles. The van der Waals surface area contributed by atoms with Gasteiger partial charge in [-0.25, -0.2) is 4.79 Å². The highest BCUT2D eigenvalue weighted by molar-refractivity contribution is 5.97. The molecule has 0 aliphatic carbocycles. The topological polar surface area (TPSA) is 137 Å². The van der Waals surface area contributed by atoms with Crippen molar-refractivity contribution in [2.24, 2.45) is 5.92 Å². The third-order valence-corrected chi connectivity index (χ3v) is 5.02. The van der Waals surface area contributed by atoms with Crippen LogP contribution in [0.2, 0.25) is 0 Å². The second-order valence-electron chi connectivity index (χ2n) is 8.23. The number of nitrogen functional groups attached to an aromatic ring is 1. The number of ether oxygens (including phenoxy) is 2. The minimum absolute atomic E-state index is 0.0223. The van der Waals surface area contributed by atoms with E-state index in [1.807, 2.05) is 45.9 Å². The zero-order valence-electron chi connectivity index (χ0n) is 19.8. The average Bonchev–Trinajstić information content (AvgIpc) is 2.74. The van der Waals surface area contributed by atoms with Crippen LogP contribution in [0, 0.1) is 19.8 Å². The number of hydrogen-bond acceptors (Lipinski definition) is 7. The lowest BCUT2D eigenvalue weighted by Crippen LogP contribution is -2.43. The molecule has 0 spiro atoms. The molecule has 0 radical (unpaired) electrons. The van der Waals surface area contributed by atoms with Gasteiger partial charge in [0, 0.05) is 26.6 Å². The average molecular weight is 461 g/mol. The number of anilines is 2. The van der Waals surface area contributed by atoms with Crippen molar-refractivity contribution in [3.8, 4) is 5.75 Å². The van der Waals surface area contributed by atoms with Gasteiger partial charge in [-0.3, -0.25) is 23.9 Å². The molecule has 10 nitrogen and oxygen atoms in total. The first-order chi connectivity index (χ1) is 15.6. The number of esters is 1. The monoisotopic (exact) mass is 460 g/mol. The number of H-pyrrole nitrogens is 1. The molecule has 0 unspecified atom stereocenters. The van der Waals surface area contributed by atoms with Crippen LogP contribution in [0.1, 0.15) is 37.8 Å². The van der Waals surface area contributed by atoms with Crippen LogP contribution >= 0.6 is 0 Å². The van der Waals surface area contributed by atoms with E-state index < -0.39 is 23.1 Å². The van der Waals surface area contributed by atoms with E-state index in [1.165, 1.54) is 11.7 Å². The van der Waals surface area contributed by atoms with Crippen LogP contribution in [-0.4, -0.2) is 41.7 Å². The standard InChI is InChI=1S/C23H32N4O6/c1-14(2)13-27-21(24)19(22(30)25-23(27)31)26(11-12-32-5)17(28)9-10-18(29)33-20-15(3)7-6-8-16(20)4/h6-8,14H,9-13,24H2,1-5H3,(H,25,30,31). The van der Waals surface area contributed by atoms with E-state index in [0.29, 0.717) is 5.75 Å². The van der Waals surface area contributed by atoms with Crippen LogP contribution in [0.4, 0.5) is 11.5 Å². The van der Waals surface area contributed by atoms with E-state index >= 15 is 0 Å². The van der Waals surface area contributed by atoms with Gasteiger partial charge in [-0.2, -0.15) is 0 Å². The number of nitrogens with one attached hydrogen (secondary N) is 1. The number of rotatable bonds is 10. The van der Waals surface area contributed by atoms with Crippen molar-refractivity contribution in [3.05, 3.63) is 50.2 Å². The zero-order valence-corrected chi connectivity index (χ0v) is 19.8. The summed E-state index contributed by atoms with van der Waals surface area (Å²) in [6, 6.07) is 5.52. The molecule has 0 saturated heterocycles. The van der Waals surface area contributed by atoms with Crippen molar-refractivity contribution in [3.63, 3.8) is 0 Å². The highest BCUT2D eigenvalue weighted by atomic mass is 16.5. The number of aromatic nitrogens is 2. The lowest BCUT2D eigenvalue weighted by Gasteiger charge is -2.24. The molecule has 3 N–H and O–H groups in total.